The van der Waals surface area contributed by atoms with Crippen molar-refractivity contribution in [2.75, 3.05) is 18.0 Å². The lowest BCUT2D eigenvalue weighted by atomic mass is 10.00. The molecule has 3 rings (SSSR count). The molecule has 4 nitrogen and oxygen atoms in total. The summed E-state index contributed by atoms with van der Waals surface area (Å²) in [6.45, 7) is 1.39. The summed E-state index contributed by atoms with van der Waals surface area (Å²) < 4.78 is 13.6. The fourth-order valence-corrected chi connectivity index (χ4v) is 3.10. The van der Waals surface area contributed by atoms with Gasteiger partial charge in [-0.25, -0.2) is 9.37 Å². The largest absolute Gasteiger partial charge is 0.393 e. The first kappa shape index (κ1) is 11.2. The molecular weight excluding hydrogens is 245 g/mol. The van der Waals surface area contributed by atoms with Gasteiger partial charge in [0.25, 0.3) is 0 Å². The number of aromatic nitrogens is 2. The molecule has 1 aromatic heterocycles. The summed E-state index contributed by atoms with van der Waals surface area (Å²) in [5, 5.41) is 9.86. The first-order valence-corrected chi connectivity index (χ1v) is 6.14. The topological polar surface area (TPSA) is 49.2 Å². The van der Waals surface area contributed by atoms with Gasteiger partial charge < -0.3 is 10.0 Å². The second-order valence-corrected chi connectivity index (χ2v) is 5.12. The highest BCUT2D eigenvalue weighted by Gasteiger charge is 2.42. The molecule has 92 valence electrons. The first-order valence-electron chi connectivity index (χ1n) is 5.76. The van der Waals surface area contributed by atoms with Crippen molar-refractivity contribution < 1.29 is 9.50 Å². The van der Waals surface area contributed by atoms with Gasteiger partial charge in [0.15, 0.2) is 11.6 Å². The number of hydrogen-bond acceptors (Lipinski definition) is 4. The SMILES string of the molecule is OC1CCC2CN(c3nc(Cl)ncc3F)CC12. The number of hydrogen-bond donors (Lipinski definition) is 1. The first-order chi connectivity index (χ1) is 8.15. The van der Waals surface area contributed by atoms with Gasteiger partial charge in [-0.3, -0.25) is 0 Å². The highest BCUT2D eigenvalue weighted by Crippen LogP contribution is 2.39. The minimum atomic E-state index is -0.455. The minimum absolute atomic E-state index is 0.0546. The van der Waals surface area contributed by atoms with E-state index in [1.165, 1.54) is 0 Å². The predicted octanol–water partition coefficient (Wildman–Crippen LogP) is 1.48. The van der Waals surface area contributed by atoms with Gasteiger partial charge in [0, 0.05) is 19.0 Å². The molecule has 1 aliphatic heterocycles. The third-order valence-electron chi connectivity index (χ3n) is 3.81. The lowest BCUT2D eigenvalue weighted by Crippen LogP contribution is -2.26. The summed E-state index contributed by atoms with van der Waals surface area (Å²) in [6, 6.07) is 0. The van der Waals surface area contributed by atoms with E-state index < -0.39 is 5.82 Å². The molecule has 1 saturated heterocycles. The highest BCUT2D eigenvalue weighted by atomic mass is 35.5. The van der Waals surface area contributed by atoms with Gasteiger partial charge in [0.1, 0.15) is 0 Å². The van der Waals surface area contributed by atoms with Gasteiger partial charge in [0.2, 0.25) is 5.28 Å². The third-order valence-corrected chi connectivity index (χ3v) is 4.00. The van der Waals surface area contributed by atoms with Crippen LogP contribution in [0.5, 0.6) is 0 Å². The van der Waals surface area contributed by atoms with Crippen LogP contribution in [0.25, 0.3) is 0 Å². The van der Waals surface area contributed by atoms with Gasteiger partial charge in [-0.1, -0.05) is 0 Å². The quantitative estimate of drug-likeness (QED) is 0.775. The van der Waals surface area contributed by atoms with Crippen LogP contribution in [-0.2, 0) is 0 Å². The third kappa shape index (κ3) is 1.87. The van der Waals surface area contributed by atoms with E-state index >= 15 is 0 Å². The molecule has 2 aliphatic rings. The van der Waals surface area contributed by atoms with Gasteiger partial charge in [-0.2, -0.15) is 4.98 Å². The molecule has 17 heavy (non-hydrogen) atoms. The van der Waals surface area contributed by atoms with E-state index in [9.17, 15) is 9.50 Å². The molecule has 0 aromatic carbocycles. The summed E-state index contributed by atoms with van der Waals surface area (Å²) in [6.07, 6.45) is 2.69. The zero-order valence-corrected chi connectivity index (χ0v) is 9.94. The molecule has 1 aromatic rings. The smallest absolute Gasteiger partial charge is 0.224 e. The Bertz CT molecular complexity index is 445. The molecule has 0 radical (unpaired) electrons. The van der Waals surface area contributed by atoms with Crippen molar-refractivity contribution in [1.82, 2.24) is 9.97 Å². The van der Waals surface area contributed by atoms with Crippen LogP contribution < -0.4 is 4.90 Å². The Kier molecular flexibility index (Phi) is 2.67. The molecule has 2 fully saturated rings. The van der Waals surface area contributed by atoms with Crippen LogP contribution in [0.15, 0.2) is 6.20 Å². The number of rotatable bonds is 1. The van der Waals surface area contributed by atoms with Crippen molar-refractivity contribution >= 4 is 17.4 Å². The summed E-state index contributed by atoms with van der Waals surface area (Å²) in [4.78, 5) is 9.39. The van der Waals surface area contributed by atoms with E-state index in [0.29, 0.717) is 12.5 Å². The highest BCUT2D eigenvalue weighted by molar-refractivity contribution is 6.28. The number of anilines is 1. The monoisotopic (exact) mass is 257 g/mol. The fourth-order valence-electron chi connectivity index (χ4n) is 2.97. The minimum Gasteiger partial charge on any atom is -0.393 e. The van der Waals surface area contributed by atoms with E-state index in [1.807, 2.05) is 4.90 Å². The van der Waals surface area contributed by atoms with E-state index in [2.05, 4.69) is 9.97 Å². The number of aliphatic hydroxyl groups is 1. The van der Waals surface area contributed by atoms with Crippen LogP contribution in [0.3, 0.4) is 0 Å². The number of aliphatic hydroxyl groups excluding tert-OH is 1. The average Bonchev–Trinajstić information content (AvgIpc) is 2.85. The van der Waals surface area contributed by atoms with E-state index in [0.717, 1.165) is 25.6 Å². The van der Waals surface area contributed by atoms with Crippen molar-refractivity contribution in [2.24, 2.45) is 11.8 Å². The zero-order chi connectivity index (χ0) is 12.0. The molecule has 3 unspecified atom stereocenters. The van der Waals surface area contributed by atoms with Crippen LogP contribution in [0.4, 0.5) is 10.2 Å². The van der Waals surface area contributed by atoms with Crippen molar-refractivity contribution in [3.05, 3.63) is 17.3 Å². The van der Waals surface area contributed by atoms with Gasteiger partial charge in [0.05, 0.1) is 12.3 Å². The normalized spacial score (nSPS) is 31.9. The zero-order valence-electron chi connectivity index (χ0n) is 9.18. The van der Waals surface area contributed by atoms with Crippen LogP contribution in [0.1, 0.15) is 12.8 Å². The molecule has 2 heterocycles. The standard InChI is InChI=1S/C11H13ClFN3O/c12-11-14-3-8(13)10(15-11)16-4-6-1-2-9(17)7(6)5-16/h3,6-7,9,17H,1-2,4-5H2. The molecule has 0 bridgehead atoms. The Morgan fingerprint density at radius 3 is 3.00 bits per heavy atom. The second kappa shape index (κ2) is 4.07. The maximum Gasteiger partial charge on any atom is 0.224 e. The van der Waals surface area contributed by atoms with Crippen molar-refractivity contribution in [2.45, 2.75) is 18.9 Å². The van der Waals surface area contributed by atoms with Crippen molar-refractivity contribution in [1.29, 1.82) is 0 Å². The van der Waals surface area contributed by atoms with E-state index in [-0.39, 0.29) is 23.1 Å². The summed E-state index contributed by atoms with van der Waals surface area (Å²) in [7, 11) is 0. The van der Waals surface area contributed by atoms with E-state index in [4.69, 9.17) is 11.6 Å². The molecule has 1 saturated carbocycles. The maximum atomic E-state index is 13.6. The van der Waals surface area contributed by atoms with E-state index in [1.54, 1.807) is 0 Å². The summed E-state index contributed by atoms with van der Waals surface area (Å²) >= 11 is 5.68. The van der Waals surface area contributed by atoms with Gasteiger partial charge in [-0.05, 0) is 30.4 Å². The number of nitrogens with zero attached hydrogens (tertiary/aromatic N) is 3. The Labute approximate surface area is 103 Å². The summed E-state index contributed by atoms with van der Waals surface area (Å²) in [5.41, 5.74) is 0. The summed E-state index contributed by atoms with van der Waals surface area (Å²) in [5.74, 6) is 0.483. The van der Waals surface area contributed by atoms with Crippen molar-refractivity contribution in [3.8, 4) is 0 Å². The Balaban J connectivity index is 1.85. The molecular formula is C11H13ClFN3O. The van der Waals surface area contributed by atoms with Crippen LogP contribution >= 0.6 is 11.6 Å². The Morgan fingerprint density at radius 1 is 1.41 bits per heavy atom. The molecule has 6 heteroatoms. The van der Waals surface area contributed by atoms with Gasteiger partial charge in [-0.15, -0.1) is 0 Å². The fraction of sp³-hybridized carbons (Fsp3) is 0.636. The van der Waals surface area contributed by atoms with Crippen LogP contribution in [0, 0.1) is 17.7 Å². The maximum absolute atomic E-state index is 13.6. The van der Waals surface area contributed by atoms with Crippen LogP contribution in [0.2, 0.25) is 5.28 Å². The lowest BCUT2D eigenvalue weighted by molar-refractivity contribution is 0.133. The Hall–Kier alpha value is -0.940. The molecule has 0 amide bonds. The average molecular weight is 258 g/mol. The molecule has 3 atom stereocenters. The van der Waals surface area contributed by atoms with Crippen molar-refractivity contribution in [3.63, 3.8) is 0 Å². The Morgan fingerprint density at radius 2 is 2.24 bits per heavy atom. The van der Waals surface area contributed by atoms with Crippen LogP contribution in [-0.4, -0.2) is 34.3 Å². The predicted molar refractivity (Wildman–Crippen MR) is 61.4 cm³/mol. The second-order valence-electron chi connectivity index (χ2n) is 4.78. The number of halogens is 2. The number of fused-ring (bicyclic) bond motifs is 1. The molecule has 1 aliphatic carbocycles. The molecule has 1 N–H and O–H groups in total. The molecule has 0 spiro atoms. The van der Waals surface area contributed by atoms with Gasteiger partial charge >= 0.3 is 0 Å². The lowest BCUT2D eigenvalue weighted by Gasteiger charge is -2.19.